The molecule has 41 heavy (non-hydrogen) atoms. The first-order valence-corrected chi connectivity index (χ1v) is 15.5. The molecule has 0 saturated carbocycles. The molecule has 0 bridgehead atoms. The van der Waals surface area contributed by atoms with E-state index in [1.807, 2.05) is 65.6 Å². The molecule has 6 rings (SSSR count). The number of hydrogen-bond acceptors (Lipinski definition) is 6. The Labute approximate surface area is 247 Å². The summed E-state index contributed by atoms with van der Waals surface area (Å²) in [5, 5.41) is -0.168. The van der Waals surface area contributed by atoms with Crippen LogP contribution in [0.3, 0.4) is 0 Å². The van der Waals surface area contributed by atoms with Crippen LogP contribution in [0.2, 0.25) is 0 Å². The van der Waals surface area contributed by atoms with E-state index >= 15 is 0 Å². The van der Waals surface area contributed by atoms with Crippen molar-refractivity contribution in [2.45, 2.75) is 16.0 Å². The highest BCUT2D eigenvalue weighted by Gasteiger charge is 2.34. The second-order valence-electron chi connectivity index (χ2n) is 9.84. The maximum absolute atomic E-state index is 13.8. The van der Waals surface area contributed by atoms with Gasteiger partial charge in [-0.05, 0) is 59.7 Å². The summed E-state index contributed by atoms with van der Waals surface area (Å²) in [6.07, 6.45) is 0. The molecule has 1 saturated heterocycles. The zero-order chi connectivity index (χ0) is 28.4. The quantitative estimate of drug-likeness (QED) is 0.180. The van der Waals surface area contributed by atoms with E-state index in [-0.39, 0.29) is 27.7 Å². The zero-order valence-electron chi connectivity index (χ0n) is 22.0. The van der Waals surface area contributed by atoms with Gasteiger partial charge < -0.3 is 9.32 Å². The molecule has 0 radical (unpaired) electrons. The Kier molecular flexibility index (Phi) is 7.75. The van der Waals surface area contributed by atoms with Gasteiger partial charge in [-0.2, -0.15) is 4.98 Å². The number of oxazole rings is 1. The van der Waals surface area contributed by atoms with Crippen LogP contribution in [0.15, 0.2) is 128 Å². The van der Waals surface area contributed by atoms with Crippen molar-refractivity contribution in [2.24, 2.45) is 0 Å². The van der Waals surface area contributed by atoms with E-state index in [0.717, 1.165) is 16.6 Å². The van der Waals surface area contributed by atoms with Crippen LogP contribution in [0.1, 0.15) is 17.2 Å². The molecule has 5 aromatic rings. The van der Waals surface area contributed by atoms with E-state index < -0.39 is 15.7 Å². The highest BCUT2D eigenvalue weighted by Crippen LogP contribution is 2.37. The van der Waals surface area contributed by atoms with Crippen LogP contribution in [-0.2, 0) is 9.84 Å². The maximum atomic E-state index is 13.8. The van der Waals surface area contributed by atoms with Gasteiger partial charge in [0.05, 0.1) is 10.9 Å². The first-order valence-electron chi connectivity index (χ1n) is 13.3. The van der Waals surface area contributed by atoms with Crippen molar-refractivity contribution in [3.05, 3.63) is 131 Å². The van der Waals surface area contributed by atoms with Gasteiger partial charge in [0, 0.05) is 36.2 Å². The maximum Gasteiger partial charge on any atom is 0.236 e. The molecule has 0 spiro atoms. The molecule has 0 amide bonds. The number of benzene rings is 4. The van der Waals surface area contributed by atoms with E-state index in [9.17, 15) is 12.8 Å². The van der Waals surface area contributed by atoms with Gasteiger partial charge in [-0.25, -0.2) is 12.8 Å². The molecule has 1 aromatic heterocycles. The fourth-order valence-corrected chi connectivity index (χ4v) is 6.77. The fraction of sp³-hybridized carbons (Fsp3) is 0.156. The minimum Gasteiger partial charge on any atom is -0.419 e. The van der Waals surface area contributed by atoms with Crippen molar-refractivity contribution < 1.29 is 17.2 Å². The summed E-state index contributed by atoms with van der Waals surface area (Å²) in [5.74, 6) is -0.104. The van der Waals surface area contributed by atoms with Gasteiger partial charge in [0.1, 0.15) is 5.82 Å². The third-order valence-electron chi connectivity index (χ3n) is 7.25. The average Bonchev–Trinajstić information content (AvgIpc) is 3.46. The molecule has 2 heterocycles. The SMILES string of the molecule is O=S(=O)(c1ccc(F)cc1)c1nc(-c2ccc(Br)cc2)oc1N1CCN(C(c2ccccc2)c2ccccc2)CC1. The molecular formula is C32H27BrFN3O3S. The minimum atomic E-state index is -4.08. The summed E-state index contributed by atoms with van der Waals surface area (Å²) in [7, 11) is -4.08. The Hall–Kier alpha value is -3.79. The molecule has 0 atom stereocenters. The van der Waals surface area contributed by atoms with E-state index in [0.29, 0.717) is 31.7 Å². The van der Waals surface area contributed by atoms with Gasteiger partial charge in [0.25, 0.3) is 0 Å². The van der Waals surface area contributed by atoms with Crippen molar-refractivity contribution in [1.82, 2.24) is 9.88 Å². The Morgan fingerprint density at radius 3 is 1.88 bits per heavy atom. The molecule has 6 nitrogen and oxygen atoms in total. The van der Waals surface area contributed by atoms with E-state index in [4.69, 9.17) is 4.42 Å². The molecule has 4 aromatic carbocycles. The molecule has 0 N–H and O–H groups in total. The molecular weight excluding hydrogens is 605 g/mol. The number of rotatable bonds is 7. The number of piperazine rings is 1. The van der Waals surface area contributed by atoms with E-state index in [1.165, 1.54) is 23.3 Å². The minimum absolute atomic E-state index is 0.0392. The largest absolute Gasteiger partial charge is 0.419 e. The zero-order valence-corrected chi connectivity index (χ0v) is 24.4. The summed E-state index contributed by atoms with van der Waals surface area (Å²) in [6.45, 7) is 2.44. The third-order valence-corrected chi connectivity index (χ3v) is 9.44. The second-order valence-corrected chi connectivity index (χ2v) is 12.6. The number of sulfone groups is 1. The molecule has 0 aliphatic carbocycles. The average molecular weight is 633 g/mol. The van der Waals surface area contributed by atoms with Gasteiger partial charge in [-0.3, -0.25) is 4.90 Å². The van der Waals surface area contributed by atoms with Crippen molar-refractivity contribution in [3.8, 4) is 11.5 Å². The highest BCUT2D eigenvalue weighted by molar-refractivity contribution is 9.10. The molecule has 208 valence electrons. The van der Waals surface area contributed by atoms with Crippen LogP contribution >= 0.6 is 15.9 Å². The number of halogens is 2. The number of aromatic nitrogens is 1. The first kappa shape index (κ1) is 27.4. The molecule has 9 heteroatoms. The van der Waals surface area contributed by atoms with Crippen LogP contribution in [-0.4, -0.2) is 44.5 Å². The lowest BCUT2D eigenvalue weighted by Gasteiger charge is -2.39. The number of hydrogen-bond donors (Lipinski definition) is 0. The van der Waals surface area contributed by atoms with Crippen molar-refractivity contribution in [2.75, 3.05) is 31.1 Å². The molecule has 1 fully saturated rings. The lowest BCUT2D eigenvalue weighted by molar-refractivity contribution is 0.209. The van der Waals surface area contributed by atoms with Crippen LogP contribution < -0.4 is 4.90 Å². The normalized spacial score (nSPS) is 14.5. The van der Waals surface area contributed by atoms with Crippen molar-refractivity contribution in [3.63, 3.8) is 0 Å². The Morgan fingerprint density at radius 1 is 0.756 bits per heavy atom. The van der Waals surface area contributed by atoms with E-state index in [1.54, 1.807) is 0 Å². The predicted molar refractivity (Wildman–Crippen MR) is 160 cm³/mol. The van der Waals surface area contributed by atoms with E-state index in [2.05, 4.69) is 50.1 Å². The standard InChI is InChI=1S/C32H27BrFN3O3S/c33-26-13-11-25(12-14-26)30-35-31(41(38,39)28-17-15-27(34)16-18-28)32(40-30)37-21-19-36(20-22-37)29(23-7-3-1-4-8-23)24-9-5-2-6-10-24/h1-18,29H,19-22H2. The first-order chi connectivity index (χ1) is 19.9. The smallest absolute Gasteiger partial charge is 0.236 e. The van der Waals surface area contributed by atoms with Gasteiger partial charge in [-0.1, -0.05) is 76.6 Å². The summed E-state index contributed by atoms with van der Waals surface area (Å²) in [6, 6.07) is 32.9. The lowest BCUT2D eigenvalue weighted by Crippen LogP contribution is -2.48. The van der Waals surface area contributed by atoms with Gasteiger partial charge in [-0.15, -0.1) is 0 Å². The number of anilines is 1. The van der Waals surface area contributed by atoms with Crippen LogP contribution in [0.5, 0.6) is 0 Å². The summed E-state index contributed by atoms with van der Waals surface area (Å²) < 4.78 is 48.2. The van der Waals surface area contributed by atoms with Crippen LogP contribution in [0.4, 0.5) is 10.3 Å². The van der Waals surface area contributed by atoms with Crippen molar-refractivity contribution in [1.29, 1.82) is 0 Å². The number of nitrogens with zero attached hydrogens (tertiary/aromatic N) is 3. The van der Waals surface area contributed by atoms with Crippen molar-refractivity contribution >= 4 is 31.7 Å². The Bertz CT molecular complexity index is 1680. The summed E-state index contributed by atoms with van der Waals surface area (Å²) in [4.78, 5) is 8.79. The molecule has 1 aliphatic rings. The predicted octanol–water partition coefficient (Wildman–Crippen LogP) is 6.99. The lowest BCUT2D eigenvalue weighted by atomic mass is 9.96. The topological polar surface area (TPSA) is 66.7 Å². The summed E-state index contributed by atoms with van der Waals surface area (Å²) in [5.41, 5.74) is 3.05. The van der Waals surface area contributed by atoms with Gasteiger partial charge >= 0.3 is 0 Å². The molecule has 1 aliphatic heterocycles. The van der Waals surface area contributed by atoms with Crippen LogP contribution in [0, 0.1) is 5.82 Å². The van der Waals surface area contributed by atoms with Gasteiger partial charge in [0.15, 0.2) is 0 Å². The monoisotopic (exact) mass is 631 g/mol. The second kappa shape index (κ2) is 11.6. The fourth-order valence-electron chi connectivity index (χ4n) is 5.18. The highest BCUT2D eigenvalue weighted by atomic mass is 79.9. The Morgan fingerprint density at radius 2 is 1.32 bits per heavy atom. The van der Waals surface area contributed by atoms with Gasteiger partial charge in [0.2, 0.25) is 26.6 Å². The third kappa shape index (κ3) is 5.70. The van der Waals surface area contributed by atoms with Crippen LogP contribution in [0.25, 0.3) is 11.5 Å². The summed E-state index contributed by atoms with van der Waals surface area (Å²) >= 11 is 3.43. The molecule has 0 unspecified atom stereocenters. The Balaban J connectivity index is 1.34.